The highest BCUT2D eigenvalue weighted by molar-refractivity contribution is 7.97. The summed E-state index contributed by atoms with van der Waals surface area (Å²) in [5.41, 5.74) is -6.78. The predicted octanol–water partition coefficient (Wildman–Crippen LogP) is 8.37. The van der Waals surface area contributed by atoms with Gasteiger partial charge in [0.1, 0.15) is 33.4 Å². The number of ether oxygens (including phenoxy) is 3. The quantitative estimate of drug-likeness (QED) is 0.155. The summed E-state index contributed by atoms with van der Waals surface area (Å²) in [6.07, 6.45) is 0. The third-order valence-electron chi connectivity index (χ3n) is 4.70. The smallest absolute Gasteiger partial charge is 0.485 e. The Kier molecular flexibility index (Phi) is 11.1. The van der Waals surface area contributed by atoms with Crippen LogP contribution in [0.4, 0.5) is 13.2 Å². The molecule has 0 fully saturated rings. The van der Waals surface area contributed by atoms with E-state index in [1.165, 1.54) is 9.79 Å². The SMILES string of the molecule is CC(C)(C)Oc1cc(OC(C)(C)C)c([S+](c2ccccc2)c2ccccc2)c(OC(C)(C)C)c1.O=S(=O)([O-])C(F)(F)F. The second-order valence-corrected chi connectivity index (χ2v) is 15.6. The molecule has 0 aliphatic rings. The number of hydrogen-bond donors (Lipinski definition) is 0. The lowest BCUT2D eigenvalue weighted by atomic mass is 10.1. The maximum absolute atomic E-state index is 10.7. The Balaban J connectivity index is 0.000000675. The van der Waals surface area contributed by atoms with E-state index in [9.17, 15) is 13.2 Å². The molecule has 0 bridgehead atoms. The molecule has 0 radical (unpaired) electrons. The van der Waals surface area contributed by atoms with Crippen molar-refractivity contribution in [3.05, 3.63) is 72.8 Å². The lowest BCUT2D eigenvalue weighted by molar-refractivity contribution is -0.0517. The van der Waals surface area contributed by atoms with Gasteiger partial charge in [-0.3, -0.25) is 0 Å². The largest absolute Gasteiger partial charge is 0.741 e. The van der Waals surface area contributed by atoms with Crippen LogP contribution in [0.25, 0.3) is 0 Å². The Bertz CT molecular complexity index is 1330. The summed E-state index contributed by atoms with van der Waals surface area (Å²) < 4.78 is 78.4. The lowest BCUT2D eigenvalue weighted by Gasteiger charge is -2.28. The average Bonchev–Trinajstić information content (AvgIpc) is 2.78. The molecule has 0 spiro atoms. The zero-order valence-electron chi connectivity index (χ0n) is 25.3. The summed E-state index contributed by atoms with van der Waals surface area (Å²) in [7, 11) is -6.53. The van der Waals surface area contributed by atoms with Crippen LogP contribution in [0.2, 0.25) is 0 Å². The van der Waals surface area contributed by atoms with Crippen molar-refractivity contribution in [2.75, 3.05) is 0 Å². The van der Waals surface area contributed by atoms with Crippen molar-refractivity contribution in [2.45, 2.75) is 99.3 Å². The molecular weight excluding hydrogens is 589 g/mol. The molecule has 0 aliphatic carbocycles. The van der Waals surface area contributed by atoms with Crippen molar-refractivity contribution in [1.29, 1.82) is 0 Å². The third kappa shape index (κ3) is 11.4. The Morgan fingerprint density at radius 3 is 1.19 bits per heavy atom. The van der Waals surface area contributed by atoms with Gasteiger partial charge in [0.2, 0.25) is 4.90 Å². The monoisotopic (exact) mass is 628 g/mol. The van der Waals surface area contributed by atoms with Gasteiger partial charge < -0.3 is 18.8 Å². The zero-order chi connectivity index (χ0) is 32.1. The first-order valence-electron chi connectivity index (χ1n) is 13.1. The van der Waals surface area contributed by atoms with E-state index in [1.54, 1.807) is 0 Å². The van der Waals surface area contributed by atoms with Crippen molar-refractivity contribution in [3.8, 4) is 17.2 Å². The van der Waals surface area contributed by atoms with Gasteiger partial charge in [-0.15, -0.1) is 0 Å². The van der Waals surface area contributed by atoms with Crippen LogP contribution in [-0.4, -0.2) is 35.3 Å². The summed E-state index contributed by atoms with van der Waals surface area (Å²) >= 11 is 0. The first kappa shape index (κ1) is 35.3. The Morgan fingerprint density at radius 2 is 0.929 bits per heavy atom. The van der Waals surface area contributed by atoms with Gasteiger partial charge in [0, 0.05) is 12.1 Å². The highest BCUT2D eigenvalue weighted by Crippen LogP contribution is 2.47. The molecule has 0 saturated heterocycles. The van der Waals surface area contributed by atoms with E-state index in [4.69, 9.17) is 27.2 Å². The fraction of sp³-hybridized carbons (Fsp3) is 0.419. The highest BCUT2D eigenvalue weighted by atomic mass is 32.2. The maximum Gasteiger partial charge on any atom is 0.485 e. The molecule has 0 amide bonds. The average molecular weight is 629 g/mol. The van der Waals surface area contributed by atoms with Crippen molar-refractivity contribution in [2.24, 2.45) is 0 Å². The molecule has 0 atom stereocenters. The molecule has 0 aliphatic heterocycles. The van der Waals surface area contributed by atoms with E-state index >= 15 is 0 Å². The molecule has 3 aromatic carbocycles. The molecule has 0 heterocycles. The van der Waals surface area contributed by atoms with E-state index in [0.29, 0.717) is 0 Å². The Morgan fingerprint density at radius 1 is 0.619 bits per heavy atom. The molecule has 3 rings (SSSR count). The summed E-state index contributed by atoms with van der Waals surface area (Å²) in [6.45, 7) is 18.6. The fourth-order valence-electron chi connectivity index (χ4n) is 3.46. The molecule has 0 N–H and O–H groups in total. The van der Waals surface area contributed by atoms with Crippen LogP contribution in [0.1, 0.15) is 62.3 Å². The third-order valence-corrected chi connectivity index (χ3v) is 7.56. The Labute approximate surface area is 250 Å². The van der Waals surface area contributed by atoms with Crippen LogP contribution in [0, 0.1) is 0 Å². The maximum atomic E-state index is 10.7. The normalized spacial score (nSPS) is 12.8. The topological polar surface area (TPSA) is 84.9 Å². The summed E-state index contributed by atoms with van der Waals surface area (Å²) in [6, 6.07) is 25.2. The zero-order valence-corrected chi connectivity index (χ0v) is 27.0. The first-order chi connectivity index (χ1) is 19.0. The van der Waals surface area contributed by atoms with E-state index in [-0.39, 0.29) is 5.60 Å². The minimum absolute atomic E-state index is 0.347. The summed E-state index contributed by atoms with van der Waals surface area (Å²) in [5, 5.41) is 0. The second kappa shape index (κ2) is 13.2. The minimum atomic E-state index is -6.09. The van der Waals surface area contributed by atoms with E-state index in [1.807, 2.05) is 32.9 Å². The molecule has 42 heavy (non-hydrogen) atoms. The molecular formula is C31H39F3O6S2. The molecule has 232 valence electrons. The number of rotatable bonds is 6. The van der Waals surface area contributed by atoms with E-state index in [0.717, 1.165) is 22.1 Å². The minimum Gasteiger partial charge on any atom is -0.741 e. The molecule has 0 aromatic heterocycles. The first-order valence-corrected chi connectivity index (χ1v) is 15.7. The van der Waals surface area contributed by atoms with Gasteiger partial charge in [-0.25, -0.2) is 8.42 Å². The second-order valence-electron chi connectivity index (χ2n) is 12.2. The van der Waals surface area contributed by atoms with Gasteiger partial charge in [0.05, 0.1) is 0 Å². The molecule has 3 aromatic rings. The van der Waals surface area contributed by atoms with Crippen molar-refractivity contribution in [3.63, 3.8) is 0 Å². The fourth-order valence-corrected chi connectivity index (χ4v) is 5.67. The van der Waals surface area contributed by atoms with Crippen molar-refractivity contribution in [1.82, 2.24) is 0 Å². The number of halogens is 3. The van der Waals surface area contributed by atoms with Gasteiger partial charge in [0.15, 0.2) is 31.4 Å². The van der Waals surface area contributed by atoms with E-state index < -0.39 is 37.7 Å². The van der Waals surface area contributed by atoms with Crippen LogP contribution in [0.3, 0.4) is 0 Å². The van der Waals surface area contributed by atoms with Crippen LogP contribution in [0.15, 0.2) is 87.5 Å². The van der Waals surface area contributed by atoms with Crippen LogP contribution < -0.4 is 14.2 Å². The summed E-state index contributed by atoms with van der Waals surface area (Å²) in [4.78, 5) is 3.44. The van der Waals surface area contributed by atoms with Crippen molar-refractivity contribution < 1.29 is 40.4 Å². The highest BCUT2D eigenvalue weighted by Gasteiger charge is 2.39. The Hall–Kier alpha value is -2.89. The van der Waals surface area contributed by atoms with Gasteiger partial charge >= 0.3 is 5.51 Å². The molecule has 0 unspecified atom stereocenters. The van der Waals surface area contributed by atoms with E-state index in [2.05, 4.69) is 102 Å². The predicted molar refractivity (Wildman–Crippen MR) is 158 cm³/mol. The van der Waals surface area contributed by atoms with Crippen LogP contribution in [0.5, 0.6) is 17.2 Å². The number of hydrogen-bond acceptors (Lipinski definition) is 6. The standard InChI is InChI=1S/C30H39O3S.CHF3O3S/c1-28(2,3)31-22-20-25(32-29(4,5)6)27(26(21-22)33-30(7,8)9)34(23-16-12-10-13-17-23)24-18-14-11-15-19-24;2-1(3,4)8(5,6)7/h10-21H,1-9H3;(H,5,6,7)/q+1;/p-1. The van der Waals surface area contributed by atoms with Gasteiger partial charge in [-0.05, 0) is 86.6 Å². The van der Waals surface area contributed by atoms with Crippen LogP contribution in [-0.2, 0) is 21.0 Å². The molecule has 6 nitrogen and oxygen atoms in total. The van der Waals surface area contributed by atoms with Crippen LogP contribution >= 0.6 is 0 Å². The van der Waals surface area contributed by atoms with Crippen molar-refractivity contribution >= 4 is 21.0 Å². The van der Waals surface area contributed by atoms with Gasteiger partial charge in [-0.2, -0.15) is 13.2 Å². The molecule has 11 heteroatoms. The summed E-state index contributed by atoms with van der Waals surface area (Å²) in [5.74, 6) is 2.30. The number of benzene rings is 3. The number of alkyl halides is 3. The van der Waals surface area contributed by atoms with Gasteiger partial charge in [-0.1, -0.05) is 36.4 Å². The molecule has 0 saturated carbocycles. The van der Waals surface area contributed by atoms with Gasteiger partial charge in [0.25, 0.3) is 0 Å². The lowest BCUT2D eigenvalue weighted by Crippen LogP contribution is -2.27.